The largest absolute Gasteiger partial charge is 0.464 e. The van der Waals surface area contributed by atoms with E-state index in [1.165, 1.54) is 24.4 Å². The molecule has 2 amide bonds. The summed E-state index contributed by atoms with van der Waals surface area (Å²) in [7, 11) is 0. The molecule has 0 radical (unpaired) electrons. The topological polar surface area (TPSA) is 91.8 Å². The number of rotatable bonds is 5. The van der Waals surface area contributed by atoms with Crippen molar-refractivity contribution in [3.05, 3.63) is 82.0 Å². The highest BCUT2D eigenvalue weighted by Gasteiger charge is 2.32. The van der Waals surface area contributed by atoms with Crippen molar-refractivity contribution in [3.63, 3.8) is 0 Å². The number of amides is 2. The molecular weight excluding hydrogens is 480 g/mol. The summed E-state index contributed by atoms with van der Waals surface area (Å²) in [6, 6.07) is 10.9. The summed E-state index contributed by atoms with van der Waals surface area (Å²) in [5.74, 6) is -2.18. The number of carboxylic acid groups (broad SMARTS) is 1. The van der Waals surface area contributed by atoms with Gasteiger partial charge in [-0.2, -0.15) is 4.90 Å². The van der Waals surface area contributed by atoms with Crippen LogP contribution >= 0.6 is 11.6 Å². The van der Waals surface area contributed by atoms with Gasteiger partial charge in [-0.15, -0.1) is 0 Å². The second-order valence-corrected chi connectivity index (χ2v) is 9.16. The molecule has 0 saturated heterocycles. The zero-order valence-corrected chi connectivity index (χ0v) is 20.3. The molecule has 0 atom stereocenters. The molecule has 0 unspecified atom stereocenters. The summed E-state index contributed by atoms with van der Waals surface area (Å²) in [5, 5.41) is 12.8. The van der Waals surface area contributed by atoms with E-state index in [4.69, 9.17) is 16.3 Å². The SMILES string of the molecule is Cc1c(Cc2ccnc(N(C(=O)O)C(=O)OC(C)(C)C)c2F)cccc1Nc1ccc(Cl)cc1F. The molecule has 3 rings (SSSR count). The Balaban J connectivity index is 1.93. The second kappa shape index (κ2) is 10.3. The van der Waals surface area contributed by atoms with E-state index in [2.05, 4.69) is 10.3 Å². The number of anilines is 3. The van der Waals surface area contributed by atoms with Crippen LogP contribution in [0.15, 0.2) is 48.7 Å². The van der Waals surface area contributed by atoms with Crippen LogP contribution in [0.1, 0.15) is 37.5 Å². The highest BCUT2D eigenvalue weighted by atomic mass is 35.5. The van der Waals surface area contributed by atoms with Gasteiger partial charge in [0.15, 0.2) is 11.6 Å². The molecule has 3 aromatic rings. The number of hydrogen-bond donors (Lipinski definition) is 2. The number of hydrogen-bond acceptors (Lipinski definition) is 5. The van der Waals surface area contributed by atoms with Crippen molar-refractivity contribution >= 4 is 41.0 Å². The van der Waals surface area contributed by atoms with E-state index in [9.17, 15) is 19.1 Å². The average molecular weight is 504 g/mol. The average Bonchev–Trinajstić information content (AvgIpc) is 2.74. The molecule has 2 aromatic carbocycles. The van der Waals surface area contributed by atoms with Crippen LogP contribution in [0.3, 0.4) is 0 Å². The zero-order valence-electron chi connectivity index (χ0n) is 19.5. The third-order valence-electron chi connectivity index (χ3n) is 4.96. The summed E-state index contributed by atoms with van der Waals surface area (Å²) >= 11 is 5.81. The number of benzene rings is 2. The van der Waals surface area contributed by atoms with E-state index >= 15 is 4.39 Å². The van der Waals surface area contributed by atoms with Gasteiger partial charge in [0.25, 0.3) is 0 Å². The first kappa shape index (κ1) is 25.9. The van der Waals surface area contributed by atoms with Gasteiger partial charge in [-0.25, -0.2) is 23.4 Å². The van der Waals surface area contributed by atoms with Crippen molar-refractivity contribution in [1.82, 2.24) is 4.98 Å². The summed E-state index contributed by atoms with van der Waals surface area (Å²) in [6.45, 7) is 6.47. The van der Waals surface area contributed by atoms with Crippen molar-refractivity contribution in [2.24, 2.45) is 0 Å². The minimum absolute atomic E-state index is 0.0631. The molecule has 0 aliphatic carbocycles. The first-order valence-electron chi connectivity index (χ1n) is 10.6. The predicted molar refractivity (Wildman–Crippen MR) is 130 cm³/mol. The Bertz CT molecular complexity index is 1280. The lowest BCUT2D eigenvalue weighted by molar-refractivity contribution is 0.0579. The highest BCUT2D eigenvalue weighted by molar-refractivity contribution is 6.30. The van der Waals surface area contributed by atoms with Gasteiger partial charge < -0.3 is 15.2 Å². The van der Waals surface area contributed by atoms with Crippen LogP contribution in [0.5, 0.6) is 0 Å². The van der Waals surface area contributed by atoms with E-state index in [1.807, 2.05) is 0 Å². The quantitative estimate of drug-likeness (QED) is 0.386. The number of ether oxygens (including phenoxy) is 1. The van der Waals surface area contributed by atoms with Crippen molar-refractivity contribution in [2.75, 3.05) is 10.2 Å². The van der Waals surface area contributed by atoms with E-state index in [0.29, 0.717) is 11.3 Å². The van der Waals surface area contributed by atoms with Gasteiger partial charge in [-0.05, 0) is 74.7 Å². The van der Waals surface area contributed by atoms with Crippen molar-refractivity contribution in [2.45, 2.75) is 39.7 Å². The first-order chi connectivity index (χ1) is 16.4. The minimum atomic E-state index is -1.73. The summed E-state index contributed by atoms with van der Waals surface area (Å²) < 4.78 is 34.7. The molecule has 1 aromatic heterocycles. The fourth-order valence-corrected chi connectivity index (χ4v) is 3.44. The maximum absolute atomic E-state index is 15.4. The minimum Gasteiger partial charge on any atom is -0.464 e. The lowest BCUT2D eigenvalue weighted by Crippen LogP contribution is -2.41. The molecule has 0 saturated carbocycles. The maximum atomic E-state index is 15.4. The molecule has 0 aliphatic rings. The van der Waals surface area contributed by atoms with Crippen molar-refractivity contribution < 1.29 is 28.2 Å². The Morgan fingerprint density at radius 2 is 1.83 bits per heavy atom. The molecule has 0 fully saturated rings. The monoisotopic (exact) mass is 503 g/mol. The number of nitrogens with zero attached hydrogens (tertiary/aromatic N) is 2. The van der Waals surface area contributed by atoms with Gasteiger partial charge in [0.2, 0.25) is 0 Å². The molecule has 0 bridgehead atoms. The summed E-state index contributed by atoms with van der Waals surface area (Å²) in [5.41, 5.74) is 1.36. The van der Waals surface area contributed by atoms with E-state index in [0.717, 1.165) is 5.56 Å². The fraction of sp³-hybridized carbons (Fsp3) is 0.240. The number of pyridine rings is 1. The molecule has 1 heterocycles. The number of carbonyl (C=O) groups is 2. The Labute approximate surface area is 206 Å². The third-order valence-corrected chi connectivity index (χ3v) is 5.19. The predicted octanol–water partition coefficient (Wildman–Crippen LogP) is 7.08. The molecule has 7 nitrogen and oxygen atoms in total. The zero-order chi connectivity index (χ0) is 25.9. The standard InChI is InChI=1S/C25H24ClF2N3O4/c1-14-15(6-5-7-19(14)30-20-9-8-17(26)13-18(20)27)12-16-10-11-29-22(21(16)28)31(23(32)33)24(34)35-25(2,3)4/h5-11,13,30H,12H2,1-4H3,(H,32,33). The van der Waals surface area contributed by atoms with Crippen LogP contribution in [-0.4, -0.2) is 27.9 Å². The smallest absolute Gasteiger partial charge is 0.425 e. The van der Waals surface area contributed by atoms with Crippen LogP contribution in [0.4, 0.5) is 35.6 Å². The van der Waals surface area contributed by atoms with E-state index in [-0.39, 0.29) is 27.6 Å². The fourth-order valence-electron chi connectivity index (χ4n) is 3.28. The van der Waals surface area contributed by atoms with Crippen molar-refractivity contribution in [3.8, 4) is 0 Å². The molecule has 0 aliphatic heterocycles. The number of aromatic nitrogens is 1. The highest BCUT2D eigenvalue weighted by Crippen LogP contribution is 2.29. The van der Waals surface area contributed by atoms with E-state index in [1.54, 1.807) is 52.0 Å². The lowest BCUT2D eigenvalue weighted by atomic mass is 9.99. The van der Waals surface area contributed by atoms with Gasteiger partial charge >= 0.3 is 12.2 Å². The number of carbonyl (C=O) groups excluding carboxylic acids is 1. The van der Waals surface area contributed by atoms with Gasteiger partial charge in [0.05, 0.1) is 5.69 Å². The molecular formula is C25H24ClF2N3O4. The maximum Gasteiger partial charge on any atom is 0.425 e. The van der Waals surface area contributed by atoms with Gasteiger partial charge in [0, 0.05) is 23.3 Å². The van der Waals surface area contributed by atoms with Crippen LogP contribution in [-0.2, 0) is 11.2 Å². The van der Waals surface area contributed by atoms with Crippen LogP contribution in [0.2, 0.25) is 5.02 Å². The Kier molecular flexibility index (Phi) is 7.60. The normalized spacial score (nSPS) is 11.2. The lowest BCUT2D eigenvalue weighted by Gasteiger charge is -2.24. The first-order valence-corrected chi connectivity index (χ1v) is 10.9. The number of nitrogens with one attached hydrogen (secondary N) is 1. The van der Waals surface area contributed by atoms with Crippen LogP contribution < -0.4 is 10.2 Å². The third kappa shape index (κ3) is 6.24. The molecule has 35 heavy (non-hydrogen) atoms. The van der Waals surface area contributed by atoms with Crippen molar-refractivity contribution in [1.29, 1.82) is 0 Å². The summed E-state index contributed by atoms with van der Waals surface area (Å²) in [4.78, 5) is 28.1. The molecule has 0 spiro atoms. The Hall–Kier alpha value is -3.72. The van der Waals surface area contributed by atoms with E-state index < -0.39 is 35.2 Å². The second-order valence-electron chi connectivity index (χ2n) is 8.72. The molecule has 2 N–H and O–H groups in total. The number of halogens is 3. The van der Waals surface area contributed by atoms with Gasteiger partial charge in [-0.3, -0.25) is 0 Å². The van der Waals surface area contributed by atoms with Crippen LogP contribution in [0, 0.1) is 18.6 Å². The Morgan fingerprint density at radius 1 is 1.11 bits per heavy atom. The van der Waals surface area contributed by atoms with Crippen LogP contribution in [0.25, 0.3) is 0 Å². The summed E-state index contributed by atoms with van der Waals surface area (Å²) in [6.07, 6.45) is -1.71. The Morgan fingerprint density at radius 3 is 2.46 bits per heavy atom. The van der Waals surface area contributed by atoms with Gasteiger partial charge in [-0.1, -0.05) is 23.7 Å². The molecule has 10 heteroatoms. The number of imide groups is 1. The van der Waals surface area contributed by atoms with Gasteiger partial charge in [0.1, 0.15) is 11.4 Å². The molecule has 184 valence electrons.